The summed E-state index contributed by atoms with van der Waals surface area (Å²) in [6.07, 6.45) is 0. The molecule has 1 saturated heterocycles. The number of hydrogen-bond acceptors (Lipinski definition) is 6. The average Bonchev–Trinajstić information content (AvgIpc) is 2.82. The van der Waals surface area contributed by atoms with E-state index in [1.54, 1.807) is 14.0 Å². The van der Waals surface area contributed by atoms with Crippen LogP contribution in [0.4, 0.5) is 0 Å². The summed E-state index contributed by atoms with van der Waals surface area (Å²) in [7, 11) is -1.79. The summed E-state index contributed by atoms with van der Waals surface area (Å²) in [6, 6.07) is 0. The van der Waals surface area contributed by atoms with Crippen molar-refractivity contribution < 1.29 is 13.2 Å². The Morgan fingerprint density at radius 3 is 2.76 bits per heavy atom. The standard InChI is InChI=1S/C12H23N5O3S/c1-10-12(11(9-13-2)16-15-10)21(18,19)14-3-4-17-5-7-20-8-6-17/h13-14H,3-9H2,1-2H3,(H,15,16). The topological polar surface area (TPSA) is 99.3 Å². The van der Waals surface area contributed by atoms with E-state index in [4.69, 9.17) is 4.74 Å². The summed E-state index contributed by atoms with van der Waals surface area (Å²) in [5, 5.41) is 9.69. The third-order valence-electron chi connectivity index (χ3n) is 3.40. The number of aromatic amines is 1. The zero-order valence-electron chi connectivity index (χ0n) is 12.5. The predicted octanol–water partition coefficient (Wildman–Crippen LogP) is -0.952. The van der Waals surface area contributed by atoms with E-state index in [9.17, 15) is 8.42 Å². The minimum Gasteiger partial charge on any atom is -0.379 e. The van der Waals surface area contributed by atoms with Crippen molar-refractivity contribution in [2.45, 2.75) is 18.4 Å². The van der Waals surface area contributed by atoms with E-state index in [2.05, 4.69) is 25.1 Å². The molecule has 0 saturated carbocycles. The van der Waals surface area contributed by atoms with Gasteiger partial charge in [-0.1, -0.05) is 0 Å². The number of nitrogens with zero attached hydrogens (tertiary/aromatic N) is 2. The molecule has 21 heavy (non-hydrogen) atoms. The minimum absolute atomic E-state index is 0.249. The first-order chi connectivity index (χ1) is 10.0. The molecule has 9 heteroatoms. The van der Waals surface area contributed by atoms with Crippen LogP contribution in [0.1, 0.15) is 11.4 Å². The maximum atomic E-state index is 12.4. The van der Waals surface area contributed by atoms with Crippen LogP contribution in [-0.4, -0.2) is 70.0 Å². The van der Waals surface area contributed by atoms with E-state index in [1.807, 2.05) is 0 Å². The third-order valence-corrected chi connectivity index (χ3v) is 5.06. The second-order valence-electron chi connectivity index (χ2n) is 5.01. The van der Waals surface area contributed by atoms with Crippen LogP contribution in [0, 0.1) is 6.92 Å². The smallest absolute Gasteiger partial charge is 0.244 e. The summed E-state index contributed by atoms with van der Waals surface area (Å²) in [6.45, 7) is 6.29. The molecule has 1 aliphatic rings. The van der Waals surface area contributed by atoms with Crippen molar-refractivity contribution >= 4 is 10.0 Å². The van der Waals surface area contributed by atoms with Crippen LogP contribution in [0.3, 0.4) is 0 Å². The van der Waals surface area contributed by atoms with Crippen molar-refractivity contribution in [3.63, 3.8) is 0 Å². The van der Waals surface area contributed by atoms with Gasteiger partial charge in [0.15, 0.2) is 0 Å². The largest absolute Gasteiger partial charge is 0.379 e. The van der Waals surface area contributed by atoms with Gasteiger partial charge in [0, 0.05) is 32.7 Å². The lowest BCUT2D eigenvalue weighted by Crippen LogP contribution is -2.41. The fourth-order valence-electron chi connectivity index (χ4n) is 2.35. The lowest BCUT2D eigenvalue weighted by Gasteiger charge is -2.26. The number of aryl methyl sites for hydroxylation is 1. The van der Waals surface area contributed by atoms with Gasteiger partial charge in [-0.15, -0.1) is 0 Å². The summed E-state index contributed by atoms with van der Waals surface area (Å²) in [5.41, 5.74) is 1.06. The molecule has 0 aromatic carbocycles. The van der Waals surface area contributed by atoms with Gasteiger partial charge < -0.3 is 10.1 Å². The van der Waals surface area contributed by atoms with Crippen LogP contribution in [-0.2, 0) is 21.3 Å². The molecule has 2 rings (SSSR count). The van der Waals surface area contributed by atoms with Gasteiger partial charge in [0.2, 0.25) is 10.0 Å². The Bertz CT molecular complexity index is 551. The number of sulfonamides is 1. The maximum Gasteiger partial charge on any atom is 0.244 e. The zero-order valence-corrected chi connectivity index (χ0v) is 13.3. The van der Waals surface area contributed by atoms with Crippen LogP contribution in [0.15, 0.2) is 4.90 Å². The monoisotopic (exact) mass is 317 g/mol. The SMILES string of the molecule is CNCc1n[nH]c(C)c1S(=O)(=O)NCCN1CCOCC1. The second-order valence-corrected chi connectivity index (χ2v) is 6.71. The van der Waals surface area contributed by atoms with Gasteiger partial charge in [-0.25, -0.2) is 13.1 Å². The fraction of sp³-hybridized carbons (Fsp3) is 0.750. The number of aromatic nitrogens is 2. The molecule has 3 N–H and O–H groups in total. The first-order valence-electron chi connectivity index (χ1n) is 7.03. The van der Waals surface area contributed by atoms with Crippen LogP contribution < -0.4 is 10.0 Å². The van der Waals surface area contributed by atoms with Gasteiger partial charge in [-0.3, -0.25) is 10.00 Å². The van der Waals surface area contributed by atoms with E-state index in [0.717, 1.165) is 13.1 Å². The van der Waals surface area contributed by atoms with E-state index in [1.165, 1.54) is 0 Å². The van der Waals surface area contributed by atoms with E-state index >= 15 is 0 Å². The predicted molar refractivity (Wildman–Crippen MR) is 78.5 cm³/mol. The highest BCUT2D eigenvalue weighted by Gasteiger charge is 2.23. The lowest BCUT2D eigenvalue weighted by molar-refractivity contribution is 0.0390. The normalized spacial score (nSPS) is 17.2. The highest BCUT2D eigenvalue weighted by molar-refractivity contribution is 7.89. The van der Waals surface area contributed by atoms with Gasteiger partial charge in [-0.2, -0.15) is 5.10 Å². The molecule has 120 valence electrons. The molecule has 0 radical (unpaired) electrons. The highest BCUT2D eigenvalue weighted by atomic mass is 32.2. The molecular formula is C12H23N5O3S. The molecule has 0 amide bonds. The molecular weight excluding hydrogens is 294 g/mol. The first kappa shape index (κ1) is 16.4. The number of morpholine rings is 1. The Labute approximate surface area is 125 Å². The van der Waals surface area contributed by atoms with Gasteiger partial charge in [0.05, 0.1) is 24.6 Å². The van der Waals surface area contributed by atoms with Gasteiger partial charge in [0.25, 0.3) is 0 Å². The zero-order chi connectivity index (χ0) is 15.3. The van der Waals surface area contributed by atoms with E-state index in [0.29, 0.717) is 44.2 Å². The van der Waals surface area contributed by atoms with Crippen LogP contribution in [0.5, 0.6) is 0 Å². The van der Waals surface area contributed by atoms with Crippen LogP contribution in [0.25, 0.3) is 0 Å². The fourth-order valence-corrected chi connectivity index (χ4v) is 3.73. The van der Waals surface area contributed by atoms with Crippen molar-refractivity contribution in [3.8, 4) is 0 Å². The molecule has 1 fully saturated rings. The molecule has 1 aliphatic heterocycles. The number of hydrogen-bond donors (Lipinski definition) is 3. The van der Waals surface area contributed by atoms with Crippen molar-refractivity contribution in [1.82, 2.24) is 25.1 Å². The molecule has 0 atom stereocenters. The third kappa shape index (κ3) is 4.24. The Morgan fingerprint density at radius 1 is 1.38 bits per heavy atom. The molecule has 0 unspecified atom stereocenters. The quantitative estimate of drug-likeness (QED) is 0.599. The second kappa shape index (κ2) is 7.32. The van der Waals surface area contributed by atoms with Crippen molar-refractivity contribution in [3.05, 3.63) is 11.4 Å². The van der Waals surface area contributed by atoms with Crippen LogP contribution in [0.2, 0.25) is 0 Å². The van der Waals surface area contributed by atoms with Crippen molar-refractivity contribution in [1.29, 1.82) is 0 Å². The molecule has 8 nitrogen and oxygen atoms in total. The minimum atomic E-state index is -3.54. The molecule has 1 aromatic heterocycles. The average molecular weight is 317 g/mol. The summed E-state index contributed by atoms with van der Waals surface area (Å²) < 4.78 is 32.7. The van der Waals surface area contributed by atoms with Crippen LogP contribution >= 0.6 is 0 Å². The van der Waals surface area contributed by atoms with Gasteiger partial charge >= 0.3 is 0 Å². The Balaban J connectivity index is 1.96. The maximum absolute atomic E-state index is 12.4. The van der Waals surface area contributed by atoms with Gasteiger partial charge in [-0.05, 0) is 14.0 Å². The number of nitrogens with one attached hydrogen (secondary N) is 3. The summed E-state index contributed by atoms with van der Waals surface area (Å²) in [4.78, 5) is 2.43. The molecule has 0 aliphatic carbocycles. The molecule has 2 heterocycles. The number of rotatable bonds is 7. The lowest BCUT2D eigenvalue weighted by atomic mass is 10.4. The molecule has 0 bridgehead atoms. The van der Waals surface area contributed by atoms with Crippen molar-refractivity contribution in [2.75, 3.05) is 46.4 Å². The van der Waals surface area contributed by atoms with E-state index < -0.39 is 10.0 Å². The summed E-state index contributed by atoms with van der Waals surface area (Å²) in [5.74, 6) is 0. The summed E-state index contributed by atoms with van der Waals surface area (Å²) >= 11 is 0. The number of H-pyrrole nitrogens is 1. The number of ether oxygens (including phenoxy) is 1. The Kier molecular flexibility index (Phi) is 5.71. The molecule has 0 spiro atoms. The molecule has 1 aromatic rings. The highest BCUT2D eigenvalue weighted by Crippen LogP contribution is 2.17. The first-order valence-corrected chi connectivity index (χ1v) is 8.51. The Hall–Kier alpha value is -1.00. The van der Waals surface area contributed by atoms with Gasteiger partial charge in [0.1, 0.15) is 4.90 Å². The van der Waals surface area contributed by atoms with E-state index in [-0.39, 0.29) is 4.90 Å². The Morgan fingerprint density at radius 2 is 2.10 bits per heavy atom. The van der Waals surface area contributed by atoms with Crippen molar-refractivity contribution in [2.24, 2.45) is 0 Å².